The lowest BCUT2D eigenvalue weighted by molar-refractivity contribution is 0.380. The van der Waals surface area contributed by atoms with Gasteiger partial charge >= 0.3 is 0 Å². The number of rotatable bonds is 0. The van der Waals surface area contributed by atoms with E-state index < -0.39 is 0 Å². The molecule has 0 aliphatic heterocycles. The molecule has 0 bridgehead atoms. The molecule has 0 heterocycles. The first-order valence-electron chi connectivity index (χ1n) is 4.72. The number of hydrogen-bond acceptors (Lipinski definition) is 0. The molecule has 0 saturated heterocycles. The fourth-order valence-electron chi connectivity index (χ4n) is 1.61. The molecule has 2 atom stereocenters. The van der Waals surface area contributed by atoms with Crippen LogP contribution < -0.4 is 0 Å². The van der Waals surface area contributed by atoms with Gasteiger partial charge in [-0.1, -0.05) is 47.5 Å². The third kappa shape index (κ3) is 2.32. The molecule has 0 aromatic rings. The van der Waals surface area contributed by atoms with Gasteiger partial charge in [0.2, 0.25) is 0 Å². The molecule has 0 amide bonds. The first kappa shape index (κ1) is 10.0. The SMILES string of the molecule is CC.CC1[C@H](C)CC[C@H]1C. The minimum atomic E-state index is 0.981. The monoisotopic (exact) mass is 142 g/mol. The summed E-state index contributed by atoms with van der Waals surface area (Å²) in [6, 6.07) is 0. The Balaban J connectivity index is 0.000000371. The van der Waals surface area contributed by atoms with Crippen molar-refractivity contribution in [2.45, 2.75) is 47.5 Å². The van der Waals surface area contributed by atoms with Gasteiger partial charge in [-0.15, -0.1) is 0 Å². The molecule has 1 aliphatic rings. The molecule has 0 radical (unpaired) electrons. The molecule has 10 heavy (non-hydrogen) atoms. The van der Waals surface area contributed by atoms with Crippen LogP contribution in [0.15, 0.2) is 0 Å². The largest absolute Gasteiger partial charge is 0.0683 e. The smallest absolute Gasteiger partial charge is 0.0391 e. The summed E-state index contributed by atoms with van der Waals surface area (Å²) < 4.78 is 0. The predicted molar refractivity (Wildman–Crippen MR) is 48.1 cm³/mol. The van der Waals surface area contributed by atoms with Crippen molar-refractivity contribution in [2.24, 2.45) is 17.8 Å². The molecule has 62 valence electrons. The Morgan fingerprint density at radius 3 is 1.20 bits per heavy atom. The summed E-state index contributed by atoms with van der Waals surface area (Å²) >= 11 is 0. The molecule has 1 saturated carbocycles. The molecule has 0 heteroatoms. The minimum absolute atomic E-state index is 0.981. The van der Waals surface area contributed by atoms with Crippen LogP contribution in [0.2, 0.25) is 0 Å². The minimum Gasteiger partial charge on any atom is -0.0683 e. The van der Waals surface area contributed by atoms with Crippen LogP contribution in [-0.4, -0.2) is 0 Å². The normalized spacial score (nSPS) is 33.3. The van der Waals surface area contributed by atoms with E-state index in [0.717, 1.165) is 17.8 Å². The van der Waals surface area contributed by atoms with E-state index in [9.17, 15) is 0 Å². The average Bonchev–Trinajstić information content (AvgIpc) is 2.25. The molecule has 1 aliphatic carbocycles. The zero-order valence-electron chi connectivity index (χ0n) is 8.15. The molecule has 0 aromatic heterocycles. The third-order valence-corrected chi connectivity index (χ3v) is 2.87. The van der Waals surface area contributed by atoms with Crippen molar-refractivity contribution in [1.29, 1.82) is 0 Å². The maximum atomic E-state index is 2.38. The van der Waals surface area contributed by atoms with E-state index in [2.05, 4.69) is 20.8 Å². The zero-order chi connectivity index (χ0) is 8.15. The van der Waals surface area contributed by atoms with Crippen LogP contribution in [0.25, 0.3) is 0 Å². The molecule has 1 rings (SSSR count). The van der Waals surface area contributed by atoms with Crippen molar-refractivity contribution >= 4 is 0 Å². The Morgan fingerprint density at radius 1 is 0.800 bits per heavy atom. The van der Waals surface area contributed by atoms with Gasteiger partial charge in [0.25, 0.3) is 0 Å². The first-order chi connectivity index (χ1) is 4.72. The second kappa shape index (κ2) is 4.76. The Hall–Kier alpha value is 0. The average molecular weight is 142 g/mol. The second-order valence-electron chi connectivity index (χ2n) is 3.39. The standard InChI is InChI=1S/C8H16.C2H6/c1-6-4-5-7(2)8(6)3;1-2/h6-8H,4-5H2,1-3H3;1-2H3/t6-,7-;/m1./s1. The van der Waals surface area contributed by atoms with Crippen molar-refractivity contribution < 1.29 is 0 Å². The van der Waals surface area contributed by atoms with Crippen molar-refractivity contribution in [3.63, 3.8) is 0 Å². The maximum absolute atomic E-state index is 2.38. The van der Waals surface area contributed by atoms with Crippen LogP contribution in [0.3, 0.4) is 0 Å². The topological polar surface area (TPSA) is 0 Å². The molecule has 0 spiro atoms. The lowest BCUT2D eigenvalue weighted by atomic mass is 9.94. The van der Waals surface area contributed by atoms with Gasteiger partial charge in [-0.2, -0.15) is 0 Å². The Morgan fingerprint density at radius 2 is 1.10 bits per heavy atom. The predicted octanol–water partition coefficient (Wildman–Crippen LogP) is 3.71. The van der Waals surface area contributed by atoms with Gasteiger partial charge in [0.05, 0.1) is 0 Å². The van der Waals surface area contributed by atoms with Gasteiger partial charge in [-0.05, 0) is 17.8 Å². The summed E-state index contributed by atoms with van der Waals surface area (Å²) in [4.78, 5) is 0. The van der Waals surface area contributed by atoms with Crippen molar-refractivity contribution in [3.05, 3.63) is 0 Å². The Kier molecular flexibility index (Phi) is 4.76. The highest BCUT2D eigenvalue weighted by atomic mass is 14.3. The van der Waals surface area contributed by atoms with E-state index >= 15 is 0 Å². The fraction of sp³-hybridized carbons (Fsp3) is 1.00. The van der Waals surface area contributed by atoms with Crippen LogP contribution in [0.5, 0.6) is 0 Å². The quantitative estimate of drug-likeness (QED) is 0.483. The first-order valence-corrected chi connectivity index (χ1v) is 4.72. The van der Waals surface area contributed by atoms with Crippen LogP contribution in [-0.2, 0) is 0 Å². The summed E-state index contributed by atoms with van der Waals surface area (Å²) in [5, 5.41) is 0. The summed E-state index contributed by atoms with van der Waals surface area (Å²) in [7, 11) is 0. The van der Waals surface area contributed by atoms with Crippen LogP contribution in [0, 0.1) is 17.8 Å². The molecular weight excluding hydrogens is 120 g/mol. The van der Waals surface area contributed by atoms with E-state index in [1.54, 1.807) is 0 Å². The third-order valence-electron chi connectivity index (χ3n) is 2.87. The van der Waals surface area contributed by atoms with E-state index in [1.807, 2.05) is 13.8 Å². The summed E-state index contributed by atoms with van der Waals surface area (Å²) in [6.07, 6.45) is 2.92. The van der Waals surface area contributed by atoms with E-state index in [0.29, 0.717) is 0 Å². The summed E-state index contributed by atoms with van der Waals surface area (Å²) in [5.41, 5.74) is 0. The molecular formula is C10H22. The van der Waals surface area contributed by atoms with Crippen molar-refractivity contribution in [2.75, 3.05) is 0 Å². The van der Waals surface area contributed by atoms with Crippen LogP contribution in [0.1, 0.15) is 47.5 Å². The number of hydrogen-bond donors (Lipinski definition) is 0. The fourth-order valence-corrected chi connectivity index (χ4v) is 1.61. The Bertz CT molecular complexity index is 66.1. The maximum Gasteiger partial charge on any atom is -0.0391 e. The van der Waals surface area contributed by atoms with Crippen molar-refractivity contribution in [3.8, 4) is 0 Å². The molecule has 1 fully saturated rings. The van der Waals surface area contributed by atoms with Gasteiger partial charge in [0.1, 0.15) is 0 Å². The second-order valence-corrected chi connectivity index (χ2v) is 3.39. The van der Waals surface area contributed by atoms with Gasteiger partial charge in [-0.25, -0.2) is 0 Å². The highest BCUT2D eigenvalue weighted by Crippen LogP contribution is 2.35. The van der Waals surface area contributed by atoms with E-state index in [-0.39, 0.29) is 0 Å². The highest BCUT2D eigenvalue weighted by molar-refractivity contribution is 4.75. The zero-order valence-corrected chi connectivity index (χ0v) is 8.15. The lowest BCUT2D eigenvalue weighted by Crippen LogP contribution is -2.04. The van der Waals surface area contributed by atoms with Crippen LogP contribution >= 0.6 is 0 Å². The molecule has 0 aromatic carbocycles. The van der Waals surface area contributed by atoms with Crippen molar-refractivity contribution in [1.82, 2.24) is 0 Å². The lowest BCUT2D eigenvalue weighted by Gasteiger charge is -2.11. The molecule has 0 nitrogen and oxygen atoms in total. The molecule has 0 unspecified atom stereocenters. The van der Waals surface area contributed by atoms with E-state index in [1.165, 1.54) is 12.8 Å². The van der Waals surface area contributed by atoms with E-state index in [4.69, 9.17) is 0 Å². The van der Waals surface area contributed by atoms with Gasteiger partial charge in [0, 0.05) is 0 Å². The van der Waals surface area contributed by atoms with Gasteiger partial charge in [0.15, 0.2) is 0 Å². The van der Waals surface area contributed by atoms with Gasteiger partial charge in [-0.3, -0.25) is 0 Å². The van der Waals surface area contributed by atoms with Crippen LogP contribution in [0.4, 0.5) is 0 Å². The summed E-state index contributed by atoms with van der Waals surface area (Å²) in [5.74, 6) is 2.96. The highest BCUT2D eigenvalue weighted by Gasteiger charge is 2.25. The summed E-state index contributed by atoms with van der Waals surface area (Å²) in [6.45, 7) is 11.1. The Labute approximate surface area is 66.0 Å². The molecule has 0 N–H and O–H groups in total. The van der Waals surface area contributed by atoms with Gasteiger partial charge < -0.3 is 0 Å².